The van der Waals surface area contributed by atoms with Crippen LogP contribution in [-0.2, 0) is 4.79 Å². The zero-order valence-electron chi connectivity index (χ0n) is 9.53. The van der Waals surface area contributed by atoms with Crippen molar-refractivity contribution < 1.29 is 9.59 Å². The van der Waals surface area contributed by atoms with E-state index in [1.165, 1.54) is 0 Å². The van der Waals surface area contributed by atoms with E-state index in [2.05, 4.69) is 10.6 Å². The van der Waals surface area contributed by atoms with Crippen molar-refractivity contribution in [2.75, 3.05) is 5.88 Å². The molecule has 0 bridgehead atoms. The summed E-state index contributed by atoms with van der Waals surface area (Å²) < 4.78 is 0. The minimum Gasteiger partial charge on any atom is -0.330 e. The number of carbonyl (C=O) groups excluding carboxylic acids is 2. The molecule has 0 spiro atoms. The number of urea groups is 1. The number of nitrogens with one attached hydrogen (secondary N) is 2. The molecule has 1 unspecified atom stereocenters. The number of hydrogen-bond acceptors (Lipinski definition) is 3. The van der Waals surface area contributed by atoms with Crippen molar-refractivity contribution in [2.45, 2.75) is 25.8 Å². The minimum atomic E-state index is -0.472. The highest BCUT2D eigenvalue weighted by Gasteiger charge is 2.14. The van der Waals surface area contributed by atoms with Gasteiger partial charge >= 0.3 is 6.03 Å². The topological polar surface area (TPSA) is 58.2 Å². The van der Waals surface area contributed by atoms with E-state index in [0.717, 1.165) is 11.3 Å². The molecular weight excluding hydrogens is 260 g/mol. The molecule has 1 rings (SSSR count). The lowest BCUT2D eigenvalue weighted by molar-refractivity contribution is -0.119. The molecule has 1 atom stereocenters. The van der Waals surface area contributed by atoms with Crippen molar-refractivity contribution in [1.82, 2.24) is 10.6 Å². The van der Waals surface area contributed by atoms with E-state index in [4.69, 9.17) is 11.6 Å². The Kier molecular flexibility index (Phi) is 6.00. The number of hydrogen-bond donors (Lipinski definition) is 2. The van der Waals surface area contributed by atoms with Crippen molar-refractivity contribution in [1.29, 1.82) is 0 Å². The van der Waals surface area contributed by atoms with Gasteiger partial charge in [0.15, 0.2) is 0 Å². The third-order valence-corrected chi connectivity index (χ3v) is 3.35. The number of imide groups is 1. The Balaban J connectivity index is 2.46. The van der Waals surface area contributed by atoms with Crippen LogP contribution in [0.2, 0.25) is 0 Å². The van der Waals surface area contributed by atoms with Crippen LogP contribution in [0.1, 0.15) is 30.7 Å². The molecule has 1 aromatic heterocycles. The summed E-state index contributed by atoms with van der Waals surface area (Å²) in [6.07, 6.45) is 0.919. The van der Waals surface area contributed by atoms with Crippen LogP contribution >= 0.6 is 22.9 Å². The van der Waals surface area contributed by atoms with E-state index in [-0.39, 0.29) is 24.2 Å². The average molecular weight is 275 g/mol. The molecule has 6 heteroatoms. The highest BCUT2D eigenvalue weighted by Crippen LogP contribution is 2.21. The molecule has 0 fully saturated rings. The zero-order valence-corrected chi connectivity index (χ0v) is 11.1. The van der Waals surface area contributed by atoms with E-state index < -0.39 is 6.03 Å². The van der Waals surface area contributed by atoms with Gasteiger partial charge in [0.05, 0.1) is 6.04 Å². The molecule has 4 nitrogen and oxygen atoms in total. The molecule has 94 valence electrons. The van der Waals surface area contributed by atoms with Crippen molar-refractivity contribution >= 4 is 34.9 Å². The maximum atomic E-state index is 11.5. The van der Waals surface area contributed by atoms with Gasteiger partial charge in [-0.25, -0.2) is 4.79 Å². The summed E-state index contributed by atoms with van der Waals surface area (Å²) in [5, 5.41) is 6.95. The Labute approximate surface area is 109 Å². The monoisotopic (exact) mass is 274 g/mol. The highest BCUT2D eigenvalue weighted by atomic mass is 35.5. The Morgan fingerprint density at radius 2 is 2.29 bits per heavy atom. The van der Waals surface area contributed by atoms with Crippen LogP contribution in [0.25, 0.3) is 0 Å². The van der Waals surface area contributed by atoms with Crippen molar-refractivity contribution in [3.8, 4) is 0 Å². The first kappa shape index (κ1) is 14.0. The van der Waals surface area contributed by atoms with Crippen LogP contribution in [0.5, 0.6) is 0 Å². The van der Waals surface area contributed by atoms with E-state index in [0.29, 0.717) is 0 Å². The van der Waals surface area contributed by atoms with Crippen LogP contribution in [0.4, 0.5) is 4.79 Å². The number of thiophene rings is 1. The quantitative estimate of drug-likeness (QED) is 0.811. The van der Waals surface area contributed by atoms with Crippen LogP contribution < -0.4 is 10.6 Å². The van der Waals surface area contributed by atoms with E-state index in [9.17, 15) is 9.59 Å². The highest BCUT2D eigenvalue weighted by molar-refractivity contribution is 7.10. The Bertz CT molecular complexity index is 368. The summed E-state index contributed by atoms with van der Waals surface area (Å²) in [5.74, 6) is -0.153. The van der Waals surface area contributed by atoms with Gasteiger partial charge in [0.1, 0.15) is 0 Å². The molecule has 0 radical (unpaired) electrons. The van der Waals surface area contributed by atoms with Crippen molar-refractivity contribution in [3.63, 3.8) is 0 Å². The van der Waals surface area contributed by atoms with Gasteiger partial charge in [0, 0.05) is 17.2 Å². The molecule has 3 amide bonds. The smallest absolute Gasteiger partial charge is 0.321 e. The Morgan fingerprint density at radius 3 is 2.82 bits per heavy atom. The predicted molar refractivity (Wildman–Crippen MR) is 69.4 cm³/mol. The van der Waals surface area contributed by atoms with Gasteiger partial charge < -0.3 is 5.32 Å². The van der Waals surface area contributed by atoms with Gasteiger partial charge in [0.2, 0.25) is 5.91 Å². The summed E-state index contributed by atoms with van der Waals surface area (Å²) in [4.78, 5) is 23.7. The Morgan fingerprint density at radius 1 is 1.53 bits per heavy atom. The first-order chi connectivity index (χ1) is 8.17. The van der Waals surface area contributed by atoms with Gasteiger partial charge in [-0.2, -0.15) is 0 Å². The van der Waals surface area contributed by atoms with Gasteiger partial charge in [0.25, 0.3) is 0 Å². The lowest BCUT2D eigenvalue weighted by Crippen LogP contribution is -2.41. The van der Waals surface area contributed by atoms with Gasteiger partial charge in [-0.05, 0) is 17.9 Å². The summed E-state index contributed by atoms with van der Waals surface area (Å²) in [5.41, 5.74) is 0. The molecule has 0 aliphatic rings. The van der Waals surface area contributed by atoms with E-state index in [1.807, 2.05) is 24.4 Å². The second-order valence-electron chi connectivity index (χ2n) is 3.44. The van der Waals surface area contributed by atoms with Crippen LogP contribution in [-0.4, -0.2) is 17.8 Å². The number of alkyl halides is 1. The fourth-order valence-electron chi connectivity index (χ4n) is 1.33. The zero-order chi connectivity index (χ0) is 12.7. The number of rotatable bonds is 5. The molecule has 0 aliphatic carbocycles. The summed E-state index contributed by atoms with van der Waals surface area (Å²) >= 11 is 6.98. The fraction of sp³-hybridized carbons (Fsp3) is 0.455. The lowest BCUT2D eigenvalue weighted by atomic mass is 10.2. The van der Waals surface area contributed by atoms with E-state index in [1.54, 1.807) is 11.3 Å². The molecule has 1 aromatic rings. The maximum Gasteiger partial charge on any atom is 0.321 e. The van der Waals surface area contributed by atoms with Gasteiger partial charge in [-0.1, -0.05) is 13.0 Å². The fourth-order valence-corrected chi connectivity index (χ4v) is 2.37. The van der Waals surface area contributed by atoms with Crippen molar-refractivity contribution in [3.05, 3.63) is 22.4 Å². The molecule has 0 aromatic carbocycles. The molecule has 2 N–H and O–H groups in total. The van der Waals surface area contributed by atoms with Gasteiger partial charge in [-0.3, -0.25) is 10.1 Å². The normalized spacial score (nSPS) is 11.9. The largest absolute Gasteiger partial charge is 0.330 e. The molecule has 0 saturated heterocycles. The van der Waals surface area contributed by atoms with Crippen molar-refractivity contribution in [2.24, 2.45) is 0 Å². The minimum absolute atomic E-state index is 0.0567. The first-order valence-corrected chi connectivity index (χ1v) is 6.78. The van der Waals surface area contributed by atoms with Gasteiger partial charge in [-0.15, -0.1) is 22.9 Å². The lowest BCUT2D eigenvalue weighted by Gasteiger charge is -2.15. The van der Waals surface area contributed by atoms with Crippen LogP contribution in [0, 0.1) is 0 Å². The Hall–Kier alpha value is -1.07. The van der Waals surface area contributed by atoms with Crippen LogP contribution in [0.15, 0.2) is 17.5 Å². The van der Waals surface area contributed by atoms with Crippen LogP contribution in [0.3, 0.4) is 0 Å². The average Bonchev–Trinajstić information content (AvgIpc) is 2.79. The predicted octanol–water partition coefficient (Wildman–Crippen LogP) is 2.65. The summed E-state index contributed by atoms with van der Waals surface area (Å²) in [6.45, 7) is 1.98. The molecule has 1 heterocycles. The first-order valence-electron chi connectivity index (χ1n) is 5.37. The second-order valence-corrected chi connectivity index (χ2v) is 4.79. The molecule has 0 saturated carbocycles. The standard InChI is InChI=1S/C11H15ClN2O2S/c1-2-8(9-4-3-7-17-9)13-11(16)14-10(15)5-6-12/h3-4,7-8H,2,5-6H2,1H3,(H2,13,14,15,16). The number of amides is 3. The van der Waals surface area contributed by atoms with E-state index >= 15 is 0 Å². The maximum absolute atomic E-state index is 11.5. The molecular formula is C11H15ClN2O2S. The molecule has 17 heavy (non-hydrogen) atoms. The number of halogens is 1. The summed E-state index contributed by atoms with van der Waals surface area (Å²) in [7, 11) is 0. The third-order valence-electron chi connectivity index (χ3n) is 2.17. The number of carbonyl (C=O) groups is 2. The SMILES string of the molecule is CCC(NC(=O)NC(=O)CCCl)c1cccs1. The third kappa shape index (κ3) is 4.75. The molecule has 0 aliphatic heterocycles. The summed E-state index contributed by atoms with van der Waals surface area (Å²) in [6, 6.07) is 3.36. The second kappa shape index (κ2) is 7.29.